The summed E-state index contributed by atoms with van der Waals surface area (Å²) in [7, 11) is 0. The summed E-state index contributed by atoms with van der Waals surface area (Å²) in [6, 6.07) is 5.47. The van der Waals surface area contributed by atoms with Crippen molar-refractivity contribution >= 4 is 17.4 Å². The van der Waals surface area contributed by atoms with Crippen molar-refractivity contribution in [1.29, 1.82) is 0 Å². The van der Waals surface area contributed by atoms with E-state index < -0.39 is 0 Å². The Labute approximate surface area is 119 Å². The molecule has 0 bridgehead atoms. The number of thioether (sulfide) groups is 1. The average molecular weight is 281 g/mol. The van der Waals surface area contributed by atoms with Gasteiger partial charge in [0, 0.05) is 6.07 Å². The highest BCUT2D eigenvalue weighted by molar-refractivity contribution is 7.99. The minimum Gasteiger partial charge on any atom is -0.258 e. The molecule has 0 heterocycles. The molecular formula is C15H23NO2S. The van der Waals surface area contributed by atoms with Gasteiger partial charge < -0.3 is 0 Å². The van der Waals surface area contributed by atoms with Crippen molar-refractivity contribution in [3.8, 4) is 0 Å². The highest BCUT2D eigenvalue weighted by Gasteiger charge is 2.13. The van der Waals surface area contributed by atoms with Gasteiger partial charge in [0.25, 0.3) is 5.69 Å². The predicted octanol–water partition coefficient (Wildman–Crippen LogP) is 5.36. The maximum atomic E-state index is 11.0. The molecule has 1 aromatic rings. The van der Waals surface area contributed by atoms with E-state index in [0.29, 0.717) is 0 Å². The predicted molar refractivity (Wildman–Crippen MR) is 81.9 cm³/mol. The maximum Gasteiger partial charge on any atom is 0.283 e. The van der Waals surface area contributed by atoms with Crippen molar-refractivity contribution < 1.29 is 4.92 Å². The molecule has 0 aromatic heterocycles. The molecule has 0 aliphatic heterocycles. The highest BCUT2D eigenvalue weighted by atomic mass is 32.2. The minimum absolute atomic E-state index is 0.246. The van der Waals surface area contributed by atoms with Crippen molar-refractivity contribution in [2.75, 3.05) is 5.75 Å². The fourth-order valence-corrected chi connectivity index (χ4v) is 2.97. The number of rotatable bonds is 9. The fourth-order valence-electron chi connectivity index (χ4n) is 1.96. The van der Waals surface area contributed by atoms with Crippen LogP contribution in [0.4, 0.5) is 5.69 Å². The second-order valence-electron chi connectivity index (χ2n) is 4.84. The van der Waals surface area contributed by atoms with Crippen molar-refractivity contribution in [1.82, 2.24) is 0 Å². The average Bonchev–Trinajstić information content (AvgIpc) is 2.39. The Morgan fingerprint density at radius 1 is 1.16 bits per heavy atom. The first-order valence-electron chi connectivity index (χ1n) is 7.03. The molecule has 0 unspecified atom stereocenters. The van der Waals surface area contributed by atoms with Gasteiger partial charge in [-0.05, 0) is 30.7 Å². The van der Waals surface area contributed by atoms with Crippen molar-refractivity contribution in [3.63, 3.8) is 0 Å². The van der Waals surface area contributed by atoms with Crippen LogP contribution in [0.25, 0.3) is 0 Å². The van der Waals surface area contributed by atoms with Gasteiger partial charge in [0.15, 0.2) is 0 Å². The lowest BCUT2D eigenvalue weighted by molar-refractivity contribution is -0.387. The summed E-state index contributed by atoms with van der Waals surface area (Å²) in [6.07, 6.45) is 7.54. The highest BCUT2D eigenvalue weighted by Crippen LogP contribution is 2.30. The minimum atomic E-state index is -0.281. The Balaban J connectivity index is 2.35. The molecule has 0 atom stereocenters. The van der Waals surface area contributed by atoms with Crippen LogP contribution in [-0.4, -0.2) is 10.7 Å². The summed E-state index contributed by atoms with van der Waals surface area (Å²) in [4.78, 5) is 11.5. The molecule has 4 heteroatoms. The Hall–Kier alpha value is -1.03. The molecule has 1 rings (SSSR count). The quantitative estimate of drug-likeness (QED) is 0.265. The van der Waals surface area contributed by atoms with Crippen LogP contribution in [0.1, 0.15) is 51.0 Å². The lowest BCUT2D eigenvalue weighted by Gasteiger charge is -2.04. The number of hydrogen-bond acceptors (Lipinski definition) is 3. The number of nitrogens with zero attached hydrogens (tertiary/aromatic N) is 1. The second-order valence-corrected chi connectivity index (χ2v) is 5.98. The molecule has 0 aliphatic carbocycles. The topological polar surface area (TPSA) is 43.1 Å². The van der Waals surface area contributed by atoms with Gasteiger partial charge in [-0.15, -0.1) is 11.8 Å². The van der Waals surface area contributed by atoms with Crippen LogP contribution >= 0.6 is 11.8 Å². The van der Waals surface area contributed by atoms with Gasteiger partial charge in [-0.1, -0.05) is 45.1 Å². The number of unbranched alkanes of at least 4 members (excludes halogenated alkanes) is 5. The normalized spacial score (nSPS) is 10.6. The Kier molecular flexibility index (Phi) is 7.56. The first-order valence-corrected chi connectivity index (χ1v) is 8.01. The molecule has 106 valence electrons. The zero-order chi connectivity index (χ0) is 14.1. The second kappa shape index (κ2) is 8.97. The molecule has 0 aliphatic rings. The third-order valence-electron chi connectivity index (χ3n) is 3.07. The van der Waals surface area contributed by atoms with E-state index in [1.165, 1.54) is 32.1 Å². The molecule has 0 N–H and O–H groups in total. The van der Waals surface area contributed by atoms with Gasteiger partial charge in [0.1, 0.15) is 0 Å². The summed E-state index contributed by atoms with van der Waals surface area (Å²) in [5, 5.41) is 11.0. The maximum absolute atomic E-state index is 11.0. The molecule has 0 radical (unpaired) electrons. The lowest BCUT2D eigenvalue weighted by atomic mass is 10.1. The monoisotopic (exact) mass is 281 g/mol. The van der Waals surface area contributed by atoms with Gasteiger partial charge >= 0.3 is 0 Å². The first kappa shape index (κ1) is 16.0. The van der Waals surface area contributed by atoms with E-state index in [9.17, 15) is 10.1 Å². The van der Waals surface area contributed by atoms with E-state index in [4.69, 9.17) is 0 Å². The molecule has 0 saturated heterocycles. The summed E-state index contributed by atoms with van der Waals surface area (Å²) < 4.78 is 0. The summed E-state index contributed by atoms with van der Waals surface area (Å²) in [5.74, 6) is 0.968. The molecule has 0 fully saturated rings. The molecular weight excluding hydrogens is 258 g/mol. The van der Waals surface area contributed by atoms with Crippen LogP contribution < -0.4 is 0 Å². The van der Waals surface area contributed by atoms with Gasteiger partial charge in [-0.2, -0.15) is 0 Å². The number of aryl methyl sites for hydroxylation is 1. The Morgan fingerprint density at radius 3 is 2.53 bits per heavy atom. The zero-order valence-electron chi connectivity index (χ0n) is 11.9. The van der Waals surface area contributed by atoms with E-state index in [1.807, 2.05) is 19.1 Å². The molecule has 1 aromatic carbocycles. The molecule has 0 saturated carbocycles. The summed E-state index contributed by atoms with van der Waals surface area (Å²) in [5.41, 5.74) is 1.19. The lowest BCUT2D eigenvalue weighted by Crippen LogP contribution is -1.92. The zero-order valence-corrected chi connectivity index (χ0v) is 12.7. The number of hydrogen-bond donors (Lipinski definition) is 0. The molecule has 0 spiro atoms. The van der Waals surface area contributed by atoms with Crippen LogP contribution in [0, 0.1) is 17.0 Å². The Bertz CT molecular complexity index is 407. The number of nitro groups is 1. The number of benzene rings is 1. The third kappa shape index (κ3) is 6.10. The smallest absolute Gasteiger partial charge is 0.258 e. The molecule has 0 amide bonds. The van der Waals surface area contributed by atoms with Crippen LogP contribution in [0.15, 0.2) is 23.1 Å². The van der Waals surface area contributed by atoms with E-state index in [0.717, 1.165) is 22.6 Å². The van der Waals surface area contributed by atoms with Crippen LogP contribution in [0.2, 0.25) is 0 Å². The third-order valence-corrected chi connectivity index (χ3v) is 4.22. The SMILES string of the molecule is CCCCCCCCSc1ccc(C)cc1[N+](=O)[O-]. The molecule has 3 nitrogen and oxygen atoms in total. The standard InChI is InChI=1S/C15H23NO2S/c1-3-4-5-6-7-8-11-19-15-10-9-13(2)12-14(15)16(17)18/h9-10,12H,3-8,11H2,1-2H3. The van der Waals surface area contributed by atoms with E-state index in [1.54, 1.807) is 17.8 Å². The van der Waals surface area contributed by atoms with Crippen LogP contribution in [-0.2, 0) is 0 Å². The van der Waals surface area contributed by atoms with Gasteiger partial charge in [0.05, 0.1) is 9.82 Å². The first-order chi connectivity index (χ1) is 9.15. The van der Waals surface area contributed by atoms with E-state index >= 15 is 0 Å². The van der Waals surface area contributed by atoms with Gasteiger partial charge in [-0.3, -0.25) is 10.1 Å². The van der Waals surface area contributed by atoms with Crippen LogP contribution in [0.3, 0.4) is 0 Å². The van der Waals surface area contributed by atoms with Crippen molar-refractivity contribution in [2.45, 2.75) is 57.3 Å². The summed E-state index contributed by atoms with van der Waals surface area (Å²) in [6.45, 7) is 4.10. The van der Waals surface area contributed by atoms with Crippen molar-refractivity contribution in [2.24, 2.45) is 0 Å². The molecule has 19 heavy (non-hydrogen) atoms. The van der Waals surface area contributed by atoms with E-state index in [-0.39, 0.29) is 10.6 Å². The van der Waals surface area contributed by atoms with Crippen molar-refractivity contribution in [3.05, 3.63) is 33.9 Å². The van der Waals surface area contributed by atoms with Gasteiger partial charge in [-0.25, -0.2) is 0 Å². The van der Waals surface area contributed by atoms with E-state index in [2.05, 4.69) is 6.92 Å². The fraction of sp³-hybridized carbons (Fsp3) is 0.600. The number of nitro benzene ring substituents is 1. The Morgan fingerprint density at radius 2 is 1.84 bits per heavy atom. The summed E-state index contributed by atoms with van der Waals surface area (Å²) >= 11 is 1.61. The van der Waals surface area contributed by atoms with Gasteiger partial charge in [0.2, 0.25) is 0 Å². The van der Waals surface area contributed by atoms with Crippen LogP contribution in [0.5, 0.6) is 0 Å². The largest absolute Gasteiger partial charge is 0.283 e.